The fourth-order valence-corrected chi connectivity index (χ4v) is 1.98. The minimum atomic E-state index is -4.42. The first-order valence-corrected chi connectivity index (χ1v) is 6.39. The fourth-order valence-electron chi connectivity index (χ4n) is 1.98. The van der Waals surface area contributed by atoms with E-state index in [1.165, 1.54) is 0 Å². The minimum Gasteiger partial charge on any atom is -0.354 e. The van der Waals surface area contributed by atoms with Gasteiger partial charge in [0.15, 0.2) is 0 Å². The molecule has 21 heavy (non-hydrogen) atoms. The second-order valence-electron chi connectivity index (χ2n) is 4.66. The Labute approximate surface area is 118 Å². The van der Waals surface area contributed by atoms with Crippen LogP contribution >= 0.6 is 0 Å². The van der Waals surface area contributed by atoms with Crippen molar-refractivity contribution in [2.24, 2.45) is 0 Å². The zero-order valence-corrected chi connectivity index (χ0v) is 11.0. The quantitative estimate of drug-likeness (QED) is 0.783. The Morgan fingerprint density at radius 1 is 1.24 bits per heavy atom. The number of piperidine rings is 1. The maximum absolute atomic E-state index is 12.4. The summed E-state index contributed by atoms with van der Waals surface area (Å²) >= 11 is 0. The lowest BCUT2D eigenvalue weighted by atomic mass is 10.1. The lowest BCUT2D eigenvalue weighted by molar-refractivity contribution is -0.137. The Morgan fingerprint density at radius 2 is 1.90 bits per heavy atom. The standard InChI is InChI=1S/C13H14F3N3O2/c14-13(15,16)8-3-5-9(6-4-8)18-12(21)19-10-2-1-7-17-11(10)20/h3-6,10H,1-2,7H2,(H,17,20)(H2,18,19,21)/t10-/m1/s1. The van der Waals surface area contributed by atoms with Crippen LogP contribution in [0.4, 0.5) is 23.7 Å². The third-order valence-electron chi connectivity index (χ3n) is 3.06. The molecule has 8 heteroatoms. The monoisotopic (exact) mass is 301 g/mol. The van der Waals surface area contributed by atoms with Crippen LogP contribution in [0.3, 0.4) is 0 Å². The van der Waals surface area contributed by atoms with E-state index in [1.54, 1.807) is 0 Å². The molecule has 3 N–H and O–H groups in total. The van der Waals surface area contributed by atoms with Gasteiger partial charge in [0.1, 0.15) is 6.04 Å². The van der Waals surface area contributed by atoms with Gasteiger partial charge in [0, 0.05) is 12.2 Å². The number of anilines is 1. The Hall–Kier alpha value is -2.25. The smallest absolute Gasteiger partial charge is 0.354 e. The van der Waals surface area contributed by atoms with Crippen LogP contribution in [-0.4, -0.2) is 24.5 Å². The van der Waals surface area contributed by atoms with Gasteiger partial charge in [-0.05, 0) is 37.1 Å². The molecule has 114 valence electrons. The van der Waals surface area contributed by atoms with Gasteiger partial charge in [0.05, 0.1) is 5.56 Å². The number of alkyl halides is 3. The Bertz CT molecular complexity index is 528. The molecule has 1 fully saturated rings. The van der Waals surface area contributed by atoms with Gasteiger partial charge in [-0.25, -0.2) is 4.79 Å². The summed E-state index contributed by atoms with van der Waals surface area (Å²) in [5.74, 6) is -0.260. The molecule has 0 radical (unpaired) electrons. The SMILES string of the molecule is O=C(Nc1ccc(C(F)(F)F)cc1)N[C@@H]1CCCNC1=O. The summed E-state index contributed by atoms with van der Waals surface area (Å²) in [6.07, 6.45) is -3.12. The van der Waals surface area contributed by atoms with Gasteiger partial charge in [-0.3, -0.25) is 4.79 Å². The van der Waals surface area contributed by atoms with Gasteiger partial charge in [0.25, 0.3) is 0 Å². The summed E-state index contributed by atoms with van der Waals surface area (Å²) in [6.45, 7) is 0.581. The minimum absolute atomic E-state index is 0.219. The van der Waals surface area contributed by atoms with E-state index in [9.17, 15) is 22.8 Å². The van der Waals surface area contributed by atoms with E-state index < -0.39 is 23.8 Å². The highest BCUT2D eigenvalue weighted by Crippen LogP contribution is 2.29. The zero-order valence-electron chi connectivity index (χ0n) is 11.0. The number of benzene rings is 1. The van der Waals surface area contributed by atoms with Crippen molar-refractivity contribution in [3.8, 4) is 0 Å². The predicted octanol–water partition coefficient (Wildman–Crippen LogP) is 2.11. The zero-order chi connectivity index (χ0) is 15.5. The van der Waals surface area contributed by atoms with Crippen molar-refractivity contribution in [3.05, 3.63) is 29.8 Å². The maximum atomic E-state index is 12.4. The van der Waals surface area contributed by atoms with Crippen molar-refractivity contribution in [1.82, 2.24) is 10.6 Å². The maximum Gasteiger partial charge on any atom is 0.416 e. The van der Waals surface area contributed by atoms with E-state index in [2.05, 4.69) is 16.0 Å². The molecule has 1 aromatic carbocycles. The van der Waals surface area contributed by atoms with Crippen LogP contribution in [0.25, 0.3) is 0 Å². The number of rotatable bonds is 2. The second kappa shape index (κ2) is 6.02. The van der Waals surface area contributed by atoms with Gasteiger partial charge in [-0.2, -0.15) is 13.2 Å². The molecule has 2 rings (SSSR count). The van der Waals surface area contributed by atoms with Crippen LogP contribution in [0.2, 0.25) is 0 Å². The number of carbonyl (C=O) groups excluding carboxylic acids is 2. The number of hydrogen-bond donors (Lipinski definition) is 3. The number of carbonyl (C=O) groups is 2. The molecule has 1 aromatic rings. The van der Waals surface area contributed by atoms with Gasteiger partial charge >= 0.3 is 12.2 Å². The topological polar surface area (TPSA) is 70.2 Å². The normalized spacial score (nSPS) is 18.8. The third kappa shape index (κ3) is 4.11. The first kappa shape index (κ1) is 15.1. The van der Waals surface area contributed by atoms with E-state index in [0.29, 0.717) is 13.0 Å². The summed E-state index contributed by atoms with van der Waals surface area (Å²) in [5, 5.41) is 7.49. The molecular formula is C13H14F3N3O2. The molecule has 0 bridgehead atoms. The largest absolute Gasteiger partial charge is 0.416 e. The molecule has 5 nitrogen and oxygen atoms in total. The van der Waals surface area contributed by atoms with Crippen molar-refractivity contribution < 1.29 is 22.8 Å². The highest BCUT2D eigenvalue weighted by molar-refractivity contribution is 5.93. The third-order valence-corrected chi connectivity index (χ3v) is 3.06. The Balaban J connectivity index is 1.92. The Morgan fingerprint density at radius 3 is 2.48 bits per heavy atom. The van der Waals surface area contributed by atoms with Crippen LogP contribution in [0.1, 0.15) is 18.4 Å². The molecule has 1 saturated heterocycles. The Kier molecular flexibility index (Phi) is 4.35. The molecule has 0 aromatic heterocycles. The predicted molar refractivity (Wildman–Crippen MR) is 69.6 cm³/mol. The van der Waals surface area contributed by atoms with Gasteiger partial charge in [0.2, 0.25) is 5.91 Å². The van der Waals surface area contributed by atoms with E-state index in [-0.39, 0.29) is 11.6 Å². The molecule has 1 heterocycles. The number of nitrogens with one attached hydrogen (secondary N) is 3. The van der Waals surface area contributed by atoms with E-state index in [4.69, 9.17) is 0 Å². The molecule has 3 amide bonds. The van der Waals surface area contributed by atoms with E-state index in [0.717, 1.165) is 30.7 Å². The lowest BCUT2D eigenvalue weighted by Gasteiger charge is -2.22. The van der Waals surface area contributed by atoms with Crippen molar-refractivity contribution in [2.45, 2.75) is 25.1 Å². The van der Waals surface area contributed by atoms with Crippen LogP contribution in [0.15, 0.2) is 24.3 Å². The molecule has 0 saturated carbocycles. The fraction of sp³-hybridized carbons (Fsp3) is 0.385. The average molecular weight is 301 g/mol. The van der Waals surface area contributed by atoms with Gasteiger partial charge < -0.3 is 16.0 Å². The number of halogens is 3. The summed E-state index contributed by atoms with van der Waals surface area (Å²) < 4.78 is 37.2. The number of urea groups is 1. The molecule has 0 aliphatic carbocycles. The molecule has 0 spiro atoms. The van der Waals surface area contributed by atoms with Gasteiger partial charge in [-0.1, -0.05) is 0 Å². The van der Waals surface area contributed by atoms with Crippen molar-refractivity contribution >= 4 is 17.6 Å². The van der Waals surface area contributed by atoms with Crippen LogP contribution in [-0.2, 0) is 11.0 Å². The summed E-state index contributed by atoms with van der Waals surface area (Å²) in [7, 11) is 0. The van der Waals surface area contributed by atoms with Crippen LogP contribution in [0, 0.1) is 0 Å². The lowest BCUT2D eigenvalue weighted by Crippen LogP contribution is -2.51. The van der Waals surface area contributed by atoms with Crippen LogP contribution in [0.5, 0.6) is 0 Å². The highest BCUT2D eigenvalue weighted by atomic mass is 19.4. The first-order chi connectivity index (χ1) is 9.86. The second-order valence-corrected chi connectivity index (χ2v) is 4.66. The summed E-state index contributed by atoms with van der Waals surface area (Å²) in [4.78, 5) is 23.1. The first-order valence-electron chi connectivity index (χ1n) is 6.39. The van der Waals surface area contributed by atoms with Gasteiger partial charge in [-0.15, -0.1) is 0 Å². The van der Waals surface area contributed by atoms with E-state index >= 15 is 0 Å². The molecule has 1 aliphatic heterocycles. The average Bonchev–Trinajstić information content (AvgIpc) is 2.41. The molecule has 1 aliphatic rings. The van der Waals surface area contributed by atoms with Crippen molar-refractivity contribution in [3.63, 3.8) is 0 Å². The van der Waals surface area contributed by atoms with Crippen molar-refractivity contribution in [1.29, 1.82) is 0 Å². The van der Waals surface area contributed by atoms with Crippen LogP contribution < -0.4 is 16.0 Å². The number of amides is 3. The highest BCUT2D eigenvalue weighted by Gasteiger charge is 2.30. The molecular weight excluding hydrogens is 287 g/mol. The number of hydrogen-bond acceptors (Lipinski definition) is 2. The molecule has 1 atom stereocenters. The van der Waals surface area contributed by atoms with E-state index in [1.807, 2.05) is 0 Å². The van der Waals surface area contributed by atoms with Crippen molar-refractivity contribution in [2.75, 3.05) is 11.9 Å². The summed E-state index contributed by atoms with van der Waals surface area (Å²) in [5.41, 5.74) is -0.572. The summed E-state index contributed by atoms with van der Waals surface area (Å²) in [6, 6.07) is 2.82. The molecule has 0 unspecified atom stereocenters.